The summed E-state index contributed by atoms with van der Waals surface area (Å²) in [5.74, 6) is 1.51. The van der Waals surface area contributed by atoms with Gasteiger partial charge in [-0.05, 0) is 23.6 Å². The number of aromatic hydroxyl groups is 1. The summed E-state index contributed by atoms with van der Waals surface area (Å²) in [6.07, 6.45) is 0.651. The van der Waals surface area contributed by atoms with Crippen molar-refractivity contribution in [2.24, 2.45) is 4.99 Å². The zero-order chi connectivity index (χ0) is 18.8. The molecule has 2 aromatic carbocycles. The summed E-state index contributed by atoms with van der Waals surface area (Å²) in [4.78, 5) is 4.20. The molecule has 6 nitrogen and oxygen atoms in total. The first-order valence-electron chi connectivity index (χ1n) is 8.64. The van der Waals surface area contributed by atoms with Crippen LogP contribution < -0.4 is 15.4 Å². The number of hydrogen-bond acceptors (Lipinski definition) is 4. The number of aliphatic imine (C=N–C) groups is 1. The summed E-state index contributed by atoms with van der Waals surface area (Å²) in [5, 5.41) is 26.1. The van der Waals surface area contributed by atoms with Gasteiger partial charge in [-0.25, -0.2) is 0 Å². The maximum absolute atomic E-state index is 10.00. The third-order valence-corrected chi connectivity index (χ3v) is 4.21. The Balaban J connectivity index is 1.82. The Morgan fingerprint density at radius 3 is 2.54 bits per heavy atom. The molecular weight excluding hydrogens is 330 g/mol. The fraction of sp³-hybridized carbons (Fsp3) is 0.350. The SMILES string of the molecule is CN=C(NCCc1ccc(OC)cc1O)NCC(CO)c1ccccc1. The summed E-state index contributed by atoms with van der Waals surface area (Å²) in [7, 11) is 3.28. The predicted octanol–water partition coefficient (Wildman–Crippen LogP) is 1.88. The highest BCUT2D eigenvalue weighted by Crippen LogP contribution is 2.23. The number of phenols is 1. The van der Waals surface area contributed by atoms with Crippen LogP contribution in [0.1, 0.15) is 17.0 Å². The lowest BCUT2D eigenvalue weighted by molar-refractivity contribution is 0.265. The van der Waals surface area contributed by atoms with Gasteiger partial charge in [-0.15, -0.1) is 0 Å². The number of hydrogen-bond donors (Lipinski definition) is 4. The molecule has 0 aromatic heterocycles. The molecule has 0 saturated carbocycles. The van der Waals surface area contributed by atoms with Crippen molar-refractivity contribution in [2.75, 3.05) is 33.9 Å². The topological polar surface area (TPSA) is 86.1 Å². The van der Waals surface area contributed by atoms with E-state index in [9.17, 15) is 10.2 Å². The highest BCUT2D eigenvalue weighted by atomic mass is 16.5. The van der Waals surface area contributed by atoms with Gasteiger partial charge in [0.25, 0.3) is 0 Å². The first-order chi connectivity index (χ1) is 12.7. The number of nitrogens with zero attached hydrogens (tertiary/aromatic N) is 1. The summed E-state index contributed by atoms with van der Waals surface area (Å²) >= 11 is 0. The van der Waals surface area contributed by atoms with Crippen molar-refractivity contribution < 1.29 is 14.9 Å². The largest absolute Gasteiger partial charge is 0.508 e. The van der Waals surface area contributed by atoms with Crippen molar-refractivity contribution in [2.45, 2.75) is 12.3 Å². The molecule has 4 N–H and O–H groups in total. The molecule has 2 rings (SSSR count). The maximum atomic E-state index is 10.00. The molecular formula is C20H27N3O3. The monoisotopic (exact) mass is 357 g/mol. The Hall–Kier alpha value is -2.73. The molecule has 140 valence electrons. The molecule has 1 unspecified atom stereocenters. The van der Waals surface area contributed by atoms with E-state index >= 15 is 0 Å². The minimum Gasteiger partial charge on any atom is -0.508 e. The fourth-order valence-electron chi connectivity index (χ4n) is 2.65. The number of benzene rings is 2. The van der Waals surface area contributed by atoms with Gasteiger partial charge in [-0.2, -0.15) is 0 Å². The second-order valence-corrected chi connectivity index (χ2v) is 5.91. The van der Waals surface area contributed by atoms with Crippen molar-refractivity contribution >= 4 is 5.96 Å². The summed E-state index contributed by atoms with van der Waals surface area (Å²) < 4.78 is 5.09. The van der Waals surface area contributed by atoms with E-state index in [1.807, 2.05) is 42.5 Å². The quantitative estimate of drug-likeness (QED) is 0.428. The van der Waals surface area contributed by atoms with Crippen LogP contribution in [-0.2, 0) is 6.42 Å². The molecule has 0 aliphatic carbocycles. The van der Waals surface area contributed by atoms with Crippen LogP contribution in [-0.4, -0.2) is 50.0 Å². The number of nitrogens with one attached hydrogen (secondary N) is 2. The second kappa shape index (κ2) is 10.3. The Morgan fingerprint density at radius 1 is 1.15 bits per heavy atom. The van der Waals surface area contributed by atoms with Crippen LogP contribution in [0.2, 0.25) is 0 Å². The lowest BCUT2D eigenvalue weighted by Gasteiger charge is -2.18. The molecule has 0 aliphatic heterocycles. The van der Waals surface area contributed by atoms with Crippen LogP contribution in [0.5, 0.6) is 11.5 Å². The smallest absolute Gasteiger partial charge is 0.191 e. The van der Waals surface area contributed by atoms with E-state index in [0.29, 0.717) is 31.2 Å². The van der Waals surface area contributed by atoms with Crippen LogP contribution >= 0.6 is 0 Å². The number of rotatable bonds is 8. The lowest BCUT2D eigenvalue weighted by atomic mass is 10.0. The number of guanidine groups is 1. The van der Waals surface area contributed by atoms with E-state index in [1.165, 1.54) is 0 Å². The zero-order valence-electron chi connectivity index (χ0n) is 15.3. The highest BCUT2D eigenvalue weighted by molar-refractivity contribution is 5.79. The molecule has 0 spiro atoms. The van der Waals surface area contributed by atoms with E-state index in [0.717, 1.165) is 11.1 Å². The number of aliphatic hydroxyl groups excluding tert-OH is 1. The first-order valence-corrected chi connectivity index (χ1v) is 8.64. The lowest BCUT2D eigenvalue weighted by Crippen LogP contribution is -2.40. The highest BCUT2D eigenvalue weighted by Gasteiger charge is 2.11. The molecule has 1 atom stereocenters. The molecule has 26 heavy (non-hydrogen) atoms. The van der Waals surface area contributed by atoms with Crippen LogP contribution in [0.25, 0.3) is 0 Å². The maximum Gasteiger partial charge on any atom is 0.191 e. The molecule has 0 bridgehead atoms. The van der Waals surface area contributed by atoms with Gasteiger partial charge >= 0.3 is 0 Å². The van der Waals surface area contributed by atoms with Crippen LogP contribution in [0, 0.1) is 0 Å². The number of methoxy groups -OCH3 is 1. The molecule has 0 radical (unpaired) electrons. The second-order valence-electron chi connectivity index (χ2n) is 5.91. The Labute approximate surface area is 154 Å². The van der Waals surface area contributed by atoms with Crippen molar-refractivity contribution in [3.63, 3.8) is 0 Å². The van der Waals surface area contributed by atoms with E-state index < -0.39 is 0 Å². The average molecular weight is 357 g/mol. The summed E-state index contributed by atoms with van der Waals surface area (Å²) in [5.41, 5.74) is 1.92. The fourth-order valence-corrected chi connectivity index (χ4v) is 2.65. The van der Waals surface area contributed by atoms with Crippen LogP contribution in [0.3, 0.4) is 0 Å². The van der Waals surface area contributed by atoms with Gasteiger partial charge in [-0.3, -0.25) is 4.99 Å². The molecule has 2 aromatic rings. The Morgan fingerprint density at radius 2 is 1.92 bits per heavy atom. The van der Waals surface area contributed by atoms with Crippen molar-refractivity contribution in [3.8, 4) is 11.5 Å². The molecule has 0 heterocycles. The van der Waals surface area contributed by atoms with Crippen molar-refractivity contribution in [3.05, 3.63) is 59.7 Å². The van der Waals surface area contributed by atoms with E-state index in [-0.39, 0.29) is 18.3 Å². The number of ether oxygens (including phenoxy) is 1. The summed E-state index contributed by atoms with van der Waals surface area (Å²) in [6, 6.07) is 15.2. The van der Waals surface area contributed by atoms with E-state index in [4.69, 9.17) is 4.74 Å². The average Bonchev–Trinajstić information content (AvgIpc) is 2.68. The Bertz CT molecular complexity index is 705. The third-order valence-electron chi connectivity index (χ3n) is 4.21. The molecule has 0 fully saturated rings. The van der Waals surface area contributed by atoms with Crippen LogP contribution in [0.4, 0.5) is 0 Å². The van der Waals surface area contributed by atoms with Gasteiger partial charge in [0.2, 0.25) is 0 Å². The third kappa shape index (κ3) is 5.67. The molecule has 6 heteroatoms. The molecule has 0 saturated heterocycles. The first kappa shape index (κ1) is 19.6. The number of aliphatic hydroxyl groups is 1. The zero-order valence-corrected chi connectivity index (χ0v) is 15.3. The van der Waals surface area contributed by atoms with E-state index in [2.05, 4.69) is 15.6 Å². The van der Waals surface area contributed by atoms with Crippen molar-refractivity contribution in [1.82, 2.24) is 10.6 Å². The van der Waals surface area contributed by atoms with Gasteiger partial charge in [-0.1, -0.05) is 36.4 Å². The summed E-state index contributed by atoms with van der Waals surface area (Å²) in [6.45, 7) is 1.26. The number of phenolic OH excluding ortho intramolecular Hbond substituents is 1. The minimum atomic E-state index is 0.000354. The molecule has 0 amide bonds. The van der Waals surface area contributed by atoms with Crippen LogP contribution in [0.15, 0.2) is 53.5 Å². The standard InChI is InChI=1S/C20H27N3O3/c1-21-20(23-13-17(14-24)15-6-4-3-5-7-15)22-11-10-16-8-9-18(26-2)12-19(16)25/h3-9,12,17,24-25H,10-11,13-14H2,1-2H3,(H2,21,22,23). The van der Waals surface area contributed by atoms with Gasteiger partial charge in [0.1, 0.15) is 11.5 Å². The van der Waals surface area contributed by atoms with Gasteiger partial charge in [0, 0.05) is 32.1 Å². The minimum absolute atomic E-state index is 0.000354. The van der Waals surface area contributed by atoms with Gasteiger partial charge < -0.3 is 25.6 Å². The predicted molar refractivity (Wildman–Crippen MR) is 104 cm³/mol. The normalized spacial score (nSPS) is 12.5. The van der Waals surface area contributed by atoms with Gasteiger partial charge in [0.15, 0.2) is 5.96 Å². The van der Waals surface area contributed by atoms with Crippen molar-refractivity contribution in [1.29, 1.82) is 0 Å². The Kier molecular flexibility index (Phi) is 7.76. The van der Waals surface area contributed by atoms with Gasteiger partial charge in [0.05, 0.1) is 13.7 Å². The molecule has 0 aliphatic rings. The van der Waals surface area contributed by atoms with E-state index in [1.54, 1.807) is 20.2 Å².